The Balaban J connectivity index is 1.57. The Bertz CT molecular complexity index is 1020. The molecule has 0 aromatic heterocycles. The number of thioether (sulfide) groups is 1. The molecule has 8 heteroatoms. The van der Waals surface area contributed by atoms with E-state index in [2.05, 4.69) is 10.6 Å². The maximum absolute atomic E-state index is 13.0. The smallest absolute Gasteiger partial charge is 0.255 e. The van der Waals surface area contributed by atoms with Crippen LogP contribution in [0.5, 0.6) is 0 Å². The summed E-state index contributed by atoms with van der Waals surface area (Å²) in [5, 5.41) is 6.36. The van der Waals surface area contributed by atoms with Gasteiger partial charge in [0, 0.05) is 31.9 Å². The Labute approximate surface area is 181 Å². The van der Waals surface area contributed by atoms with Crippen molar-refractivity contribution in [2.45, 2.75) is 4.90 Å². The Morgan fingerprint density at radius 3 is 2.24 bits per heavy atom. The highest BCUT2D eigenvalue weighted by Crippen LogP contribution is 2.24. The Hall–Kier alpha value is -2.54. The van der Waals surface area contributed by atoms with Crippen molar-refractivity contribution >= 4 is 58.2 Å². The summed E-state index contributed by atoms with van der Waals surface area (Å²) < 4.78 is 13.0. The minimum Gasteiger partial charge on any atom is -0.325 e. The van der Waals surface area contributed by atoms with E-state index in [9.17, 15) is 14.0 Å². The summed E-state index contributed by atoms with van der Waals surface area (Å²) in [5.41, 5.74) is 1.45. The van der Waals surface area contributed by atoms with Crippen LogP contribution in [0.25, 0.3) is 0 Å². The van der Waals surface area contributed by atoms with Crippen molar-refractivity contribution in [3.8, 4) is 0 Å². The van der Waals surface area contributed by atoms with Crippen LogP contribution in [0.1, 0.15) is 10.4 Å². The van der Waals surface area contributed by atoms with E-state index in [4.69, 9.17) is 23.2 Å². The van der Waals surface area contributed by atoms with Gasteiger partial charge in [0.15, 0.2) is 0 Å². The highest BCUT2D eigenvalue weighted by Gasteiger charge is 2.09. The summed E-state index contributed by atoms with van der Waals surface area (Å²) >= 11 is 13.2. The molecule has 0 fully saturated rings. The van der Waals surface area contributed by atoms with Crippen LogP contribution in [0.3, 0.4) is 0 Å². The number of benzene rings is 3. The van der Waals surface area contributed by atoms with E-state index < -0.39 is 5.82 Å². The van der Waals surface area contributed by atoms with Gasteiger partial charge in [-0.25, -0.2) is 4.39 Å². The van der Waals surface area contributed by atoms with Gasteiger partial charge in [-0.15, -0.1) is 11.8 Å². The molecule has 3 aromatic rings. The lowest BCUT2D eigenvalue weighted by atomic mass is 10.2. The maximum atomic E-state index is 13.0. The maximum Gasteiger partial charge on any atom is 0.255 e. The molecule has 0 aliphatic rings. The molecule has 0 unspecified atom stereocenters. The highest BCUT2D eigenvalue weighted by atomic mass is 35.5. The fraction of sp³-hybridized carbons (Fsp3) is 0.0476. The van der Waals surface area contributed by atoms with Gasteiger partial charge in [-0.3, -0.25) is 9.59 Å². The molecule has 0 saturated heterocycles. The van der Waals surface area contributed by atoms with Crippen LogP contribution in [-0.4, -0.2) is 17.6 Å². The Morgan fingerprint density at radius 2 is 1.55 bits per heavy atom. The van der Waals surface area contributed by atoms with Crippen LogP contribution in [0.15, 0.2) is 71.6 Å². The molecule has 2 N–H and O–H groups in total. The number of amides is 2. The summed E-state index contributed by atoms with van der Waals surface area (Å²) in [4.78, 5) is 25.2. The topological polar surface area (TPSA) is 58.2 Å². The fourth-order valence-electron chi connectivity index (χ4n) is 2.44. The average molecular weight is 449 g/mol. The molecule has 4 nitrogen and oxygen atoms in total. The standard InChI is InChI=1S/C21H15Cl2FN2O2S/c22-14-8-15(23)10-18(9-14)25-20(27)12-29-19-3-1-2-17(11-19)26-21(28)13-4-6-16(24)7-5-13/h1-11H,12H2,(H,25,27)(H,26,28). The van der Waals surface area contributed by atoms with Crippen LogP contribution < -0.4 is 10.6 Å². The first-order chi connectivity index (χ1) is 13.9. The van der Waals surface area contributed by atoms with Crippen LogP contribution in [0, 0.1) is 5.82 Å². The van der Waals surface area contributed by atoms with Gasteiger partial charge >= 0.3 is 0 Å². The number of nitrogens with one attached hydrogen (secondary N) is 2. The third-order valence-electron chi connectivity index (χ3n) is 3.71. The zero-order valence-corrected chi connectivity index (χ0v) is 17.2. The predicted octanol–water partition coefficient (Wildman–Crippen LogP) is 6.12. The number of hydrogen-bond acceptors (Lipinski definition) is 3. The monoisotopic (exact) mass is 448 g/mol. The van der Waals surface area contributed by atoms with Crippen LogP contribution in [-0.2, 0) is 4.79 Å². The number of carbonyl (C=O) groups excluding carboxylic acids is 2. The number of rotatable bonds is 6. The first-order valence-corrected chi connectivity index (χ1v) is 10.2. The van der Waals surface area contributed by atoms with E-state index in [0.29, 0.717) is 27.0 Å². The van der Waals surface area contributed by atoms with Crippen molar-refractivity contribution in [3.05, 3.63) is 88.2 Å². The van der Waals surface area contributed by atoms with Crippen molar-refractivity contribution < 1.29 is 14.0 Å². The molecule has 148 valence electrons. The molecule has 0 spiro atoms. The third kappa shape index (κ3) is 6.49. The quantitative estimate of drug-likeness (QED) is 0.446. The SMILES string of the molecule is O=C(CSc1cccc(NC(=O)c2ccc(F)cc2)c1)Nc1cc(Cl)cc(Cl)c1. The van der Waals surface area contributed by atoms with E-state index in [1.807, 2.05) is 6.07 Å². The molecule has 0 radical (unpaired) electrons. The van der Waals surface area contributed by atoms with Gasteiger partial charge in [-0.1, -0.05) is 29.3 Å². The Morgan fingerprint density at radius 1 is 0.862 bits per heavy atom. The second-order valence-electron chi connectivity index (χ2n) is 5.98. The zero-order valence-electron chi connectivity index (χ0n) is 14.9. The van der Waals surface area contributed by atoms with Crippen LogP contribution in [0.4, 0.5) is 15.8 Å². The van der Waals surface area contributed by atoms with Gasteiger partial charge in [0.05, 0.1) is 5.75 Å². The van der Waals surface area contributed by atoms with Crippen molar-refractivity contribution in [3.63, 3.8) is 0 Å². The van der Waals surface area contributed by atoms with Crippen LogP contribution in [0.2, 0.25) is 10.0 Å². The average Bonchev–Trinajstić information content (AvgIpc) is 2.66. The minimum absolute atomic E-state index is 0.166. The third-order valence-corrected chi connectivity index (χ3v) is 5.14. The molecule has 0 saturated carbocycles. The Kier molecular flexibility index (Phi) is 7.14. The van der Waals surface area contributed by atoms with E-state index in [-0.39, 0.29) is 17.6 Å². The number of hydrogen-bond donors (Lipinski definition) is 2. The molecular weight excluding hydrogens is 434 g/mol. The normalized spacial score (nSPS) is 10.4. The number of carbonyl (C=O) groups is 2. The van der Waals surface area contributed by atoms with Crippen molar-refractivity contribution in [2.24, 2.45) is 0 Å². The molecule has 3 aromatic carbocycles. The molecule has 0 atom stereocenters. The molecule has 2 amide bonds. The van der Waals surface area contributed by atoms with Gasteiger partial charge in [-0.2, -0.15) is 0 Å². The van der Waals surface area contributed by atoms with Gasteiger partial charge < -0.3 is 10.6 Å². The minimum atomic E-state index is -0.404. The summed E-state index contributed by atoms with van der Waals surface area (Å²) in [6.07, 6.45) is 0. The highest BCUT2D eigenvalue weighted by molar-refractivity contribution is 8.00. The van der Waals surface area contributed by atoms with Crippen molar-refractivity contribution in [1.82, 2.24) is 0 Å². The van der Waals surface area contributed by atoms with Gasteiger partial charge in [0.1, 0.15) is 5.82 Å². The van der Waals surface area contributed by atoms with Gasteiger partial charge in [-0.05, 0) is 60.7 Å². The van der Waals surface area contributed by atoms with Crippen molar-refractivity contribution in [1.29, 1.82) is 0 Å². The first-order valence-electron chi connectivity index (χ1n) is 8.45. The summed E-state index contributed by atoms with van der Waals surface area (Å²) in [6, 6.07) is 17.2. The first kappa shape index (κ1) is 21.2. The molecule has 29 heavy (non-hydrogen) atoms. The second kappa shape index (κ2) is 9.78. The molecule has 3 rings (SSSR count). The summed E-state index contributed by atoms with van der Waals surface area (Å²) in [5.74, 6) is -0.797. The summed E-state index contributed by atoms with van der Waals surface area (Å²) in [7, 11) is 0. The van der Waals surface area contributed by atoms with E-state index >= 15 is 0 Å². The zero-order chi connectivity index (χ0) is 20.8. The molecule has 0 heterocycles. The molecule has 0 aliphatic carbocycles. The van der Waals surface area contributed by atoms with E-state index in [1.165, 1.54) is 36.0 Å². The lowest BCUT2D eigenvalue weighted by Gasteiger charge is -2.09. The number of anilines is 2. The predicted molar refractivity (Wildman–Crippen MR) is 117 cm³/mol. The van der Waals surface area contributed by atoms with Crippen molar-refractivity contribution in [2.75, 3.05) is 16.4 Å². The molecular formula is C21H15Cl2FN2O2S. The molecule has 0 bridgehead atoms. The lowest BCUT2D eigenvalue weighted by Crippen LogP contribution is -2.14. The fourth-order valence-corrected chi connectivity index (χ4v) is 3.72. The van der Waals surface area contributed by atoms with E-state index in [1.54, 1.807) is 36.4 Å². The van der Waals surface area contributed by atoms with Crippen LogP contribution >= 0.6 is 35.0 Å². The van der Waals surface area contributed by atoms with Gasteiger partial charge in [0.2, 0.25) is 5.91 Å². The van der Waals surface area contributed by atoms with Gasteiger partial charge in [0.25, 0.3) is 5.91 Å². The largest absolute Gasteiger partial charge is 0.325 e. The second-order valence-corrected chi connectivity index (χ2v) is 7.91. The lowest BCUT2D eigenvalue weighted by molar-refractivity contribution is -0.113. The number of halogens is 3. The molecule has 0 aliphatic heterocycles. The summed E-state index contributed by atoms with van der Waals surface area (Å²) in [6.45, 7) is 0. The van der Waals surface area contributed by atoms with E-state index in [0.717, 1.165) is 4.90 Å².